The van der Waals surface area contributed by atoms with Crippen LogP contribution >= 0.6 is 0 Å². The van der Waals surface area contributed by atoms with E-state index in [0.29, 0.717) is 6.54 Å². The Morgan fingerprint density at radius 2 is 2.23 bits per heavy atom. The Hall–Kier alpha value is -1.69. The molecule has 1 fully saturated rings. The van der Waals surface area contributed by atoms with Crippen LogP contribution in [-0.2, 0) is 4.74 Å². The van der Waals surface area contributed by atoms with Crippen LogP contribution in [0.2, 0.25) is 0 Å². The summed E-state index contributed by atoms with van der Waals surface area (Å²) in [4.78, 5) is 22.4. The van der Waals surface area contributed by atoms with Gasteiger partial charge in [0.15, 0.2) is 0 Å². The highest BCUT2D eigenvalue weighted by atomic mass is 16.6. The number of carbonyl (C=O) groups is 1. The van der Waals surface area contributed by atoms with Gasteiger partial charge >= 0.3 is 6.09 Å². The first kappa shape index (κ1) is 16.7. The Kier molecular flexibility index (Phi) is 5.34. The van der Waals surface area contributed by atoms with E-state index in [2.05, 4.69) is 22.2 Å². The fourth-order valence-electron chi connectivity index (χ4n) is 2.58. The third-order valence-corrected chi connectivity index (χ3v) is 3.59. The molecule has 1 aliphatic rings. The minimum atomic E-state index is -0.454. The molecule has 0 bridgehead atoms. The lowest BCUT2D eigenvalue weighted by atomic mass is 10.0. The van der Waals surface area contributed by atoms with E-state index in [1.54, 1.807) is 23.5 Å². The van der Waals surface area contributed by atoms with Crippen LogP contribution in [-0.4, -0.2) is 45.7 Å². The lowest BCUT2D eigenvalue weighted by Crippen LogP contribution is -2.49. The van der Waals surface area contributed by atoms with Crippen molar-refractivity contribution in [2.45, 2.75) is 58.2 Å². The molecule has 1 aromatic rings. The molecule has 0 aliphatic carbocycles. The molecule has 0 spiro atoms. The molecule has 1 N–H and O–H groups in total. The quantitative estimate of drug-likeness (QED) is 0.929. The van der Waals surface area contributed by atoms with Gasteiger partial charge in [0.2, 0.25) is 0 Å². The van der Waals surface area contributed by atoms with E-state index in [1.807, 2.05) is 20.8 Å². The van der Waals surface area contributed by atoms with Crippen LogP contribution in [0.15, 0.2) is 18.6 Å². The van der Waals surface area contributed by atoms with Gasteiger partial charge in [-0.1, -0.05) is 0 Å². The first-order valence-electron chi connectivity index (χ1n) is 7.85. The Balaban J connectivity index is 1.89. The molecule has 2 atom stereocenters. The molecule has 0 radical (unpaired) electrons. The molecule has 2 heterocycles. The van der Waals surface area contributed by atoms with E-state index in [1.165, 1.54) is 0 Å². The fraction of sp³-hybridized carbons (Fsp3) is 0.688. The number of amides is 1. The normalized spacial score (nSPS) is 20.5. The van der Waals surface area contributed by atoms with Gasteiger partial charge in [-0.25, -0.2) is 4.79 Å². The number of rotatable bonds is 3. The average Bonchev–Trinajstić information content (AvgIpc) is 2.46. The lowest BCUT2D eigenvalue weighted by molar-refractivity contribution is 0.0183. The van der Waals surface area contributed by atoms with E-state index in [4.69, 9.17) is 4.74 Å². The number of piperidine rings is 1. The van der Waals surface area contributed by atoms with Crippen molar-refractivity contribution in [1.82, 2.24) is 20.2 Å². The topological polar surface area (TPSA) is 67.4 Å². The van der Waals surface area contributed by atoms with Gasteiger partial charge in [0.05, 0.1) is 5.69 Å². The standard InChI is InChI=1S/C16H26N4O2/c1-12(14-10-17-7-8-18-14)19-13-6-5-9-20(11-13)15(21)22-16(2,3)4/h7-8,10,12-13,19H,5-6,9,11H2,1-4H3/t12?,13-/m0/s1. The van der Waals surface area contributed by atoms with Gasteiger partial charge in [-0.3, -0.25) is 9.97 Å². The zero-order valence-corrected chi connectivity index (χ0v) is 13.9. The summed E-state index contributed by atoms with van der Waals surface area (Å²) in [5, 5.41) is 3.53. The first-order chi connectivity index (χ1) is 10.3. The minimum absolute atomic E-state index is 0.109. The Bertz CT molecular complexity index is 487. The second kappa shape index (κ2) is 7.05. The van der Waals surface area contributed by atoms with Gasteiger partial charge in [0.25, 0.3) is 0 Å². The largest absolute Gasteiger partial charge is 0.444 e. The summed E-state index contributed by atoms with van der Waals surface area (Å²) >= 11 is 0. The molecule has 1 amide bonds. The van der Waals surface area contributed by atoms with Gasteiger partial charge in [-0.05, 0) is 40.5 Å². The molecule has 0 saturated carbocycles. The molecule has 1 aromatic heterocycles. The SMILES string of the molecule is CC(N[C@H]1CCCN(C(=O)OC(C)(C)C)C1)c1cnccn1. The number of nitrogens with one attached hydrogen (secondary N) is 1. The van der Waals surface area contributed by atoms with Gasteiger partial charge in [-0.2, -0.15) is 0 Å². The van der Waals surface area contributed by atoms with E-state index in [0.717, 1.165) is 25.1 Å². The van der Waals surface area contributed by atoms with Gasteiger partial charge in [-0.15, -0.1) is 0 Å². The summed E-state index contributed by atoms with van der Waals surface area (Å²) in [6, 6.07) is 0.357. The summed E-state index contributed by atoms with van der Waals surface area (Å²) in [7, 11) is 0. The summed E-state index contributed by atoms with van der Waals surface area (Å²) in [5.74, 6) is 0. The molecule has 6 nitrogen and oxygen atoms in total. The highest BCUT2D eigenvalue weighted by molar-refractivity contribution is 5.68. The van der Waals surface area contributed by atoms with Crippen LogP contribution in [0.3, 0.4) is 0 Å². The smallest absolute Gasteiger partial charge is 0.410 e. The van der Waals surface area contributed by atoms with Crippen molar-refractivity contribution in [3.8, 4) is 0 Å². The summed E-state index contributed by atoms with van der Waals surface area (Å²) < 4.78 is 5.45. The first-order valence-corrected chi connectivity index (χ1v) is 7.85. The highest BCUT2D eigenvalue weighted by Gasteiger charge is 2.28. The number of likely N-dealkylation sites (tertiary alicyclic amines) is 1. The molecule has 122 valence electrons. The van der Waals surface area contributed by atoms with E-state index in [-0.39, 0.29) is 18.2 Å². The van der Waals surface area contributed by atoms with Crippen LogP contribution in [0.4, 0.5) is 4.79 Å². The van der Waals surface area contributed by atoms with Crippen molar-refractivity contribution in [2.75, 3.05) is 13.1 Å². The molecule has 6 heteroatoms. The molecular weight excluding hydrogens is 280 g/mol. The maximum absolute atomic E-state index is 12.2. The van der Waals surface area contributed by atoms with Crippen LogP contribution in [0.25, 0.3) is 0 Å². The Morgan fingerprint density at radius 3 is 2.86 bits per heavy atom. The van der Waals surface area contributed by atoms with Crippen molar-refractivity contribution >= 4 is 6.09 Å². The Labute approximate surface area is 132 Å². The number of nitrogens with zero attached hydrogens (tertiary/aromatic N) is 3. The van der Waals surface area contributed by atoms with E-state index >= 15 is 0 Å². The molecule has 0 aromatic carbocycles. The third-order valence-electron chi connectivity index (χ3n) is 3.59. The maximum atomic E-state index is 12.2. The van der Waals surface area contributed by atoms with Gasteiger partial charge < -0.3 is 15.0 Å². The molecule has 1 unspecified atom stereocenters. The third kappa shape index (κ3) is 4.94. The molecule has 1 aliphatic heterocycles. The van der Waals surface area contributed by atoms with Crippen LogP contribution in [0, 0.1) is 0 Å². The van der Waals surface area contributed by atoms with Crippen LogP contribution in [0.5, 0.6) is 0 Å². The van der Waals surface area contributed by atoms with Crippen molar-refractivity contribution in [2.24, 2.45) is 0 Å². The zero-order valence-electron chi connectivity index (χ0n) is 13.9. The highest BCUT2D eigenvalue weighted by Crippen LogP contribution is 2.17. The number of aromatic nitrogens is 2. The van der Waals surface area contributed by atoms with Gasteiger partial charge in [0, 0.05) is 43.8 Å². The number of carbonyl (C=O) groups excluding carboxylic acids is 1. The monoisotopic (exact) mass is 306 g/mol. The number of ether oxygens (including phenoxy) is 1. The Morgan fingerprint density at radius 1 is 1.45 bits per heavy atom. The predicted octanol–water partition coefficient (Wildman–Crippen LogP) is 2.53. The zero-order chi connectivity index (χ0) is 16.2. The number of hydrogen-bond donors (Lipinski definition) is 1. The molecule has 22 heavy (non-hydrogen) atoms. The van der Waals surface area contributed by atoms with Gasteiger partial charge in [0.1, 0.15) is 5.60 Å². The predicted molar refractivity (Wildman–Crippen MR) is 84.4 cm³/mol. The summed E-state index contributed by atoms with van der Waals surface area (Å²) in [6.07, 6.45) is 6.92. The van der Waals surface area contributed by atoms with E-state index < -0.39 is 5.60 Å². The van der Waals surface area contributed by atoms with Crippen LogP contribution < -0.4 is 5.32 Å². The van der Waals surface area contributed by atoms with Crippen molar-refractivity contribution in [3.63, 3.8) is 0 Å². The number of hydrogen-bond acceptors (Lipinski definition) is 5. The lowest BCUT2D eigenvalue weighted by Gasteiger charge is -2.35. The van der Waals surface area contributed by atoms with Crippen molar-refractivity contribution in [1.29, 1.82) is 0 Å². The molecule has 1 saturated heterocycles. The minimum Gasteiger partial charge on any atom is -0.444 e. The summed E-state index contributed by atoms with van der Waals surface area (Å²) in [5.41, 5.74) is 0.460. The molecule has 2 rings (SSSR count). The second-order valence-corrected chi connectivity index (χ2v) is 6.78. The average molecular weight is 306 g/mol. The van der Waals surface area contributed by atoms with Crippen molar-refractivity contribution in [3.05, 3.63) is 24.3 Å². The van der Waals surface area contributed by atoms with Crippen molar-refractivity contribution < 1.29 is 9.53 Å². The molecular formula is C16H26N4O2. The maximum Gasteiger partial charge on any atom is 0.410 e. The van der Waals surface area contributed by atoms with Crippen LogP contribution in [0.1, 0.15) is 52.3 Å². The summed E-state index contributed by atoms with van der Waals surface area (Å²) in [6.45, 7) is 9.16. The fourth-order valence-corrected chi connectivity index (χ4v) is 2.58. The second-order valence-electron chi connectivity index (χ2n) is 6.78. The van der Waals surface area contributed by atoms with E-state index in [9.17, 15) is 4.79 Å².